The van der Waals surface area contributed by atoms with Crippen molar-refractivity contribution in [3.8, 4) is 11.5 Å². The lowest BCUT2D eigenvalue weighted by molar-refractivity contribution is 0.0532. The third-order valence-corrected chi connectivity index (χ3v) is 9.34. The number of thiophene rings is 2. The molecule has 2 aromatic carbocycles. The number of ether oxygens (including phenoxy) is 3. The topological polar surface area (TPSA) is 44.8 Å². The van der Waals surface area contributed by atoms with Crippen LogP contribution in [0.4, 0.5) is 0 Å². The lowest BCUT2D eigenvalue weighted by atomic mass is 10.0. The van der Waals surface area contributed by atoms with Crippen LogP contribution in [0, 0.1) is 0 Å². The van der Waals surface area contributed by atoms with E-state index in [4.69, 9.17) is 14.2 Å². The van der Waals surface area contributed by atoms with Gasteiger partial charge in [0.1, 0.15) is 4.88 Å². The molecule has 0 aliphatic heterocycles. The molecular formula is C33H44O4S2. The summed E-state index contributed by atoms with van der Waals surface area (Å²) < 4.78 is 20.4. The van der Waals surface area contributed by atoms with Crippen LogP contribution in [0.2, 0.25) is 0 Å². The van der Waals surface area contributed by atoms with Gasteiger partial charge in [-0.15, -0.1) is 22.7 Å². The van der Waals surface area contributed by atoms with Gasteiger partial charge in [-0.1, -0.05) is 78.1 Å². The Kier molecular flexibility index (Phi) is 11.8. The molecule has 0 bridgehead atoms. The minimum Gasteiger partial charge on any atom is -0.490 e. The van der Waals surface area contributed by atoms with E-state index in [1.807, 2.05) is 13.0 Å². The zero-order valence-corrected chi connectivity index (χ0v) is 25.6. The molecule has 0 fully saturated rings. The Morgan fingerprint density at radius 1 is 0.667 bits per heavy atom. The quantitative estimate of drug-likeness (QED) is 0.0884. The second kappa shape index (κ2) is 15.5. The van der Waals surface area contributed by atoms with Gasteiger partial charge in [-0.25, -0.2) is 4.79 Å². The monoisotopic (exact) mass is 568 g/mol. The van der Waals surface area contributed by atoms with E-state index in [1.165, 1.54) is 85.6 Å². The number of benzene rings is 2. The first-order valence-corrected chi connectivity index (χ1v) is 16.7. The highest BCUT2D eigenvalue weighted by Crippen LogP contribution is 2.45. The lowest BCUT2D eigenvalue weighted by Gasteiger charge is -2.15. The van der Waals surface area contributed by atoms with Gasteiger partial charge in [0.05, 0.1) is 19.8 Å². The standard InChI is InChI=1S/C33H44O4S2/c1-4-7-9-11-13-15-18-36-28-21-25-26(22-29(28)37-19-16-14-12-10-8-5-2)32-27(24-17-20-38-31(24)25)23-30(39-32)33(34)35-6-3/h17,20-23H,4-16,18-19H2,1-3H3. The molecule has 0 radical (unpaired) electrons. The number of esters is 1. The van der Waals surface area contributed by atoms with Crippen LogP contribution in [0.1, 0.15) is 107 Å². The van der Waals surface area contributed by atoms with E-state index in [0.717, 1.165) is 45.2 Å². The molecule has 0 spiro atoms. The minimum absolute atomic E-state index is 0.256. The second-order valence-electron chi connectivity index (χ2n) is 10.3. The molecule has 2 aromatic heterocycles. The van der Waals surface area contributed by atoms with Gasteiger partial charge < -0.3 is 14.2 Å². The molecule has 0 amide bonds. The summed E-state index contributed by atoms with van der Waals surface area (Å²) in [5.74, 6) is 1.39. The molecule has 4 nitrogen and oxygen atoms in total. The van der Waals surface area contributed by atoms with Gasteiger partial charge in [0, 0.05) is 30.9 Å². The van der Waals surface area contributed by atoms with Gasteiger partial charge in [-0.05, 0) is 49.4 Å². The van der Waals surface area contributed by atoms with Gasteiger partial charge in [0.15, 0.2) is 11.5 Å². The SMILES string of the molecule is CCCCCCCCOc1cc2c(cc1OCCCCCCCC)c1sc(C(=O)OCC)cc1c1ccsc12. The highest BCUT2D eigenvalue weighted by Gasteiger charge is 2.19. The molecule has 0 unspecified atom stereocenters. The van der Waals surface area contributed by atoms with E-state index in [1.54, 1.807) is 11.3 Å². The molecule has 0 N–H and O–H groups in total. The van der Waals surface area contributed by atoms with E-state index in [9.17, 15) is 4.79 Å². The van der Waals surface area contributed by atoms with Crippen molar-refractivity contribution in [2.75, 3.05) is 19.8 Å². The number of carbonyl (C=O) groups is 1. The number of rotatable bonds is 18. The molecular weight excluding hydrogens is 524 g/mol. The van der Waals surface area contributed by atoms with Crippen LogP contribution in [0.3, 0.4) is 0 Å². The number of hydrogen-bond donors (Lipinski definition) is 0. The first-order chi connectivity index (χ1) is 19.2. The maximum atomic E-state index is 12.6. The van der Waals surface area contributed by atoms with Crippen molar-refractivity contribution in [1.29, 1.82) is 0 Å². The molecule has 0 saturated carbocycles. The Morgan fingerprint density at radius 3 is 1.79 bits per heavy atom. The van der Waals surface area contributed by atoms with E-state index in [-0.39, 0.29) is 5.97 Å². The molecule has 0 saturated heterocycles. The van der Waals surface area contributed by atoms with Crippen LogP contribution in [0.15, 0.2) is 29.6 Å². The summed E-state index contributed by atoms with van der Waals surface area (Å²) in [7, 11) is 0. The molecule has 0 atom stereocenters. The highest BCUT2D eigenvalue weighted by atomic mass is 32.1. The Balaban J connectivity index is 1.62. The maximum Gasteiger partial charge on any atom is 0.348 e. The Morgan fingerprint density at radius 2 is 1.21 bits per heavy atom. The summed E-state index contributed by atoms with van der Waals surface area (Å²) >= 11 is 3.25. The number of carbonyl (C=O) groups excluding carboxylic acids is 1. The number of fused-ring (bicyclic) bond motifs is 6. The summed E-state index contributed by atoms with van der Waals surface area (Å²) in [6.07, 6.45) is 14.8. The lowest BCUT2D eigenvalue weighted by Crippen LogP contribution is -2.03. The average Bonchev–Trinajstić information content (AvgIpc) is 3.60. The third-order valence-electron chi connectivity index (χ3n) is 7.25. The van der Waals surface area contributed by atoms with Crippen LogP contribution >= 0.6 is 22.7 Å². The summed E-state index contributed by atoms with van der Waals surface area (Å²) in [6.45, 7) is 8.11. The zero-order chi connectivity index (χ0) is 27.5. The fraction of sp³-hybridized carbons (Fsp3) is 0.545. The van der Waals surface area contributed by atoms with E-state index in [2.05, 4.69) is 37.4 Å². The van der Waals surface area contributed by atoms with Crippen molar-refractivity contribution in [2.24, 2.45) is 0 Å². The van der Waals surface area contributed by atoms with Gasteiger partial charge >= 0.3 is 5.97 Å². The highest BCUT2D eigenvalue weighted by molar-refractivity contribution is 7.23. The van der Waals surface area contributed by atoms with Crippen LogP contribution in [0.25, 0.3) is 30.9 Å². The van der Waals surface area contributed by atoms with Crippen molar-refractivity contribution in [3.05, 3.63) is 34.5 Å². The second-order valence-corrected chi connectivity index (χ2v) is 12.3. The molecule has 0 aliphatic rings. The fourth-order valence-corrected chi connectivity index (χ4v) is 7.15. The van der Waals surface area contributed by atoms with Crippen molar-refractivity contribution >= 4 is 59.6 Å². The van der Waals surface area contributed by atoms with E-state index in [0.29, 0.717) is 24.7 Å². The normalized spacial score (nSPS) is 11.6. The van der Waals surface area contributed by atoms with E-state index >= 15 is 0 Å². The summed E-state index contributed by atoms with van der Waals surface area (Å²) in [4.78, 5) is 13.2. The molecule has 39 heavy (non-hydrogen) atoms. The average molecular weight is 569 g/mol. The van der Waals surface area contributed by atoms with Crippen molar-refractivity contribution in [2.45, 2.75) is 97.8 Å². The largest absolute Gasteiger partial charge is 0.490 e. The molecule has 4 aromatic rings. The molecule has 4 rings (SSSR count). The first-order valence-electron chi connectivity index (χ1n) is 15.0. The van der Waals surface area contributed by atoms with Crippen molar-refractivity contribution in [3.63, 3.8) is 0 Å². The Bertz CT molecular complexity index is 1340. The first kappa shape index (κ1) is 29.7. The fourth-order valence-electron chi connectivity index (χ4n) is 5.11. The van der Waals surface area contributed by atoms with Crippen molar-refractivity contribution < 1.29 is 19.0 Å². The molecule has 212 valence electrons. The van der Waals surface area contributed by atoms with Gasteiger partial charge in [-0.3, -0.25) is 0 Å². The summed E-state index contributed by atoms with van der Waals surface area (Å²) in [6, 6.07) is 8.47. The van der Waals surface area contributed by atoms with Gasteiger partial charge in [0.25, 0.3) is 0 Å². The Hall–Kier alpha value is -2.31. The predicted octanol–water partition coefficient (Wildman–Crippen LogP) is 10.9. The van der Waals surface area contributed by atoms with Crippen molar-refractivity contribution in [1.82, 2.24) is 0 Å². The number of hydrogen-bond acceptors (Lipinski definition) is 6. The van der Waals surface area contributed by atoms with Crippen LogP contribution in [0.5, 0.6) is 11.5 Å². The molecule has 0 aliphatic carbocycles. The van der Waals surface area contributed by atoms with Crippen LogP contribution in [-0.2, 0) is 4.74 Å². The molecule has 6 heteroatoms. The van der Waals surface area contributed by atoms with E-state index < -0.39 is 0 Å². The maximum absolute atomic E-state index is 12.6. The Labute approximate surface area is 241 Å². The zero-order valence-electron chi connectivity index (χ0n) is 23.9. The van der Waals surface area contributed by atoms with Gasteiger partial charge in [-0.2, -0.15) is 0 Å². The molecule has 2 heterocycles. The van der Waals surface area contributed by atoms with Crippen LogP contribution in [-0.4, -0.2) is 25.8 Å². The minimum atomic E-state index is -0.256. The summed E-state index contributed by atoms with van der Waals surface area (Å²) in [5.41, 5.74) is 0. The third kappa shape index (κ3) is 7.67. The number of unbranched alkanes of at least 4 members (excludes halogenated alkanes) is 10. The predicted molar refractivity (Wildman–Crippen MR) is 168 cm³/mol. The van der Waals surface area contributed by atoms with Gasteiger partial charge in [0.2, 0.25) is 0 Å². The smallest absolute Gasteiger partial charge is 0.348 e. The summed E-state index contributed by atoms with van der Waals surface area (Å²) in [5, 5.41) is 6.69. The van der Waals surface area contributed by atoms with Crippen LogP contribution < -0.4 is 9.47 Å².